The van der Waals surface area contributed by atoms with Crippen molar-refractivity contribution >= 4 is 0 Å². The first kappa shape index (κ1) is 25.3. The summed E-state index contributed by atoms with van der Waals surface area (Å²) in [6.45, 7) is 17.7. The van der Waals surface area contributed by atoms with E-state index in [1.54, 1.807) is 13.2 Å². The number of hydrogen-bond donors (Lipinski definition) is 1. The van der Waals surface area contributed by atoms with Crippen molar-refractivity contribution in [2.24, 2.45) is 5.41 Å². The van der Waals surface area contributed by atoms with Crippen LogP contribution in [0, 0.1) is 5.41 Å². The zero-order valence-electron chi connectivity index (χ0n) is 21.0. The summed E-state index contributed by atoms with van der Waals surface area (Å²) < 4.78 is 11.5. The number of aromatic hydroxyl groups is 1. The van der Waals surface area contributed by atoms with Gasteiger partial charge in [-0.2, -0.15) is 0 Å². The van der Waals surface area contributed by atoms with Crippen LogP contribution < -0.4 is 4.74 Å². The average molecular weight is 427 g/mol. The molecule has 0 heterocycles. The number of phenols is 1. The van der Waals surface area contributed by atoms with Crippen LogP contribution in [0.1, 0.15) is 85.8 Å². The SMILES string of the molecule is CCC(C)(C)CC(C)(CC(C)(C)c1cccc(OC(C)(C)OC)c1)c1cccc(O)c1. The number of phenolic OH excluding ortho intramolecular Hbond substituents is 1. The summed E-state index contributed by atoms with van der Waals surface area (Å²) in [6, 6.07) is 16.1. The van der Waals surface area contributed by atoms with Gasteiger partial charge in [-0.05, 0) is 64.5 Å². The Morgan fingerprint density at radius 2 is 1.42 bits per heavy atom. The molecule has 0 aliphatic rings. The maximum Gasteiger partial charge on any atom is 0.204 e. The molecule has 2 aromatic carbocycles. The van der Waals surface area contributed by atoms with E-state index < -0.39 is 5.79 Å². The first-order valence-electron chi connectivity index (χ1n) is 11.4. The smallest absolute Gasteiger partial charge is 0.204 e. The second-order valence-corrected chi connectivity index (χ2v) is 11.1. The van der Waals surface area contributed by atoms with Crippen molar-refractivity contribution in [3.8, 4) is 11.5 Å². The van der Waals surface area contributed by atoms with Crippen molar-refractivity contribution in [3.63, 3.8) is 0 Å². The van der Waals surface area contributed by atoms with Gasteiger partial charge in [-0.1, -0.05) is 72.2 Å². The fraction of sp³-hybridized carbons (Fsp3) is 0.571. The molecule has 1 atom stereocenters. The van der Waals surface area contributed by atoms with Crippen molar-refractivity contribution in [3.05, 3.63) is 59.7 Å². The van der Waals surface area contributed by atoms with Crippen molar-refractivity contribution in [1.29, 1.82) is 0 Å². The third kappa shape index (κ3) is 6.74. The van der Waals surface area contributed by atoms with Gasteiger partial charge in [0.05, 0.1) is 0 Å². The predicted molar refractivity (Wildman–Crippen MR) is 130 cm³/mol. The summed E-state index contributed by atoms with van der Waals surface area (Å²) in [7, 11) is 1.66. The Bertz CT molecular complexity index is 866. The van der Waals surface area contributed by atoms with Gasteiger partial charge in [0.2, 0.25) is 5.79 Å². The first-order chi connectivity index (χ1) is 14.2. The molecule has 0 aliphatic carbocycles. The second kappa shape index (κ2) is 9.24. The highest BCUT2D eigenvalue weighted by Crippen LogP contribution is 2.47. The maximum atomic E-state index is 10.2. The van der Waals surface area contributed by atoms with Gasteiger partial charge in [0.1, 0.15) is 11.5 Å². The van der Waals surface area contributed by atoms with E-state index in [2.05, 4.69) is 65.8 Å². The molecule has 2 rings (SSSR count). The molecule has 31 heavy (non-hydrogen) atoms. The standard InChI is InChI=1S/C28H42O3/c1-10-25(2,3)19-28(8,22-14-11-15-23(29)17-22)20-26(4,5)21-13-12-16-24(18-21)31-27(6,7)30-9/h11-18,29H,10,19-20H2,1-9H3. The van der Waals surface area contributed by atoms with Crippen molar-refractivity contribution in [2.75, 3.05) is 7.11 Å². The normalized spacial score (nSPS) is 14.9. The van der Waals surface area contributed by atoms with Gasteiger partial charge >= 0.3 is 0 Å². The summed E-state index contributed by atoms with van der Waals surface area (Å²) >= 11 is 0. The van der Waals surface area contributed by atoms with E-state index in [1.165, 1.54) is 11.1 Å². The van der Waals surface area contributed by atoms with Crippen molar-refractivity contribution in [1.82, 2.24) is 0 Å². The Labute approximate surface area is 189 Å². The van der Waals surface area contributed by atoms with Gasteiger partial charge in [-0.15, -0.1) is 0 Å². The Morgan fingerprint density at radius 1 is 0.806 bits per heavy atom. The third-order valence-corrected chi connectivity index (χ3v) is 6.67. The van der Waals surface area contributed by atoms with Crippen LogP contribution in [-0.2, 0) is 15.6 Å². The Kier molecular flexibility index (Phi) is 7.53. The summed E-state index contributed by atoms with van der Waals surface area (Å²) in [4.78, 5) is 0. The van der Waals surface area contributed by atoms with Crippen LogP contribution >= 0.6 is 0 Å². The molecule has 0 bridgehead atoms. The van der Waals surface area contributed by atoms with Gasteiger partial charge in [-0.3, -0.25) is 0 Å². The van der Waals surface area contributed by atoms with E-state index in [9.17, 15) is 5.11 Å². The second-order valence-electron chi connectivity index (χ2n) is 11.1. The van der Waals surface area contributed by atoms with Crippen molar-refractivity contribution in [2.45, 2.75) is 91.3 Å². The monoisotopic (exact) mass is 426 g/mol. The van der Waals surface area contributed by atoms with Crippen LogP contribution in [0.2, 0.25) is 0 Å². The number of rotatable bonds is 10. The number of ether oxygens (including phenoxy) is 2. The Balaban J connectivity index is 2.43. The lowest BCUT2D eigenvalue weighted by Gasteiger charge is -2.43. The minimum atomic E-state index is -0.677. The average Bonchev–Trinajstić information content (AvgIpc) is 2.67. The molecule has 2 aromatic rings. The van der Waals surface area contributed by atoms with Crippen LogP contribution in [0.4, 0.5) is 0 Å². The fourth-order valence-electron chi connectivity index (χ4n) is 4.71. The Morgan fingerprint density at radius 3 is 2.00 bits per heavy atom. The van der Waals surface area contributed by atoms with E-state index >= 15 is 0 Å². The zero-order chi connectivity index (χ0) is 23.5. The lowest BCUT2D eigenvalue weighted by Crippen LogP contribution is -2.36. The molecule has 172 valence electrons. The quantitative estimate of drug-likeness (QED) is 0.397. The predicted octanol–water partition coefficient (Wildman–Crippen LogP) is 7.61. The minimum Gasteiger partial charge on any atom is -0.508 e. The molecule has 3 nitrogen and oxygen atoms in total. The van der Waals surface area contributed by atoms with E-state index in [0.29, 0.717) is 5.75 Å². The summed E-state index contributed by atoms with van der Waals surface area (Å²) in [6.07, 6.45) is 3.09. The topological polar surface area (TPSA) is 38.7 Å². The molecule has 0 amide bonds. The van der Waals surface area contributed by atoms with Gasteiger partial charge in [0.15, 0.2) is 0 Å². The molecule has 0 aromatic heterocycles. The molecule has 0 radical (unpaired) electrons. The number of methoxy groups -OCH3 is 1. The largest absolute Gasteiger partial charge is 0.508 e. The minimum absolute atomic E-state index is 0.0928. The van der Waals surface area contributed by atoms with Crippen LogP contribution in [0.3, 0.4) is 0 Å². The van der Waals surface area contributed by atoms with E-state index in [1.807, 2.05) is 32.0 Å². The van der Waals surface area contributed by atoms with E-state index in [-0.39, 0.29) is 16.2 Å². The van der Waals surface area contributed by atoms with Gasteiger partial charge in [0.25, 0.3) is 0 Å². The molecular weight excluding hydrogens is 384 g/mol. The molecular formula is C28H42O3. The summed E-state index contributed by atoms with van der Waals surface area (Å²) in [5, 5.41) is 10.2. The summed E-state index contributed by atoms with van der Waals surface area (Å²) in [5.41, 5.74) is 2.43. The number of benzene rings is 2. The Hall–Kier alpha value is -2.00. The first-order valence-corrected chi connectivity index (χ1v) is 11.4. The van der Waals surface area contributed by atoms with Gasteiger partial charge < -0.3 is 14.6 Å². The molecule has 1 unspecified atom stereocenters. The third-order valence-electron chi connectivity index (χ3n) is 6.67. The molecule has 0 spiro atoms. The van der Waals surface area contributed by atoms with Crippen LogP contribution in [0.5, 0.6) is 11.5 Å². The lowest BCUT2D eigenvalue weighted by molar-refractivity contribution is -0.134. The highest BCUT2D eigenvalue weighted by Gasteiger charge is 2.39. The maximum absolute atomic E-state index is 10.2. The molecule has 0 aliphatic heterocycles. The van der Waals surface area contributed by atoms with Crippen molar-refractivity contribution < 1.29 is 14.6 Å². The van der Waals surface area contributed by atoms with E-state index in [0.717, 1.165) is 25.0 Å². The van der Waals surface area contributed by atoms with Crippen LogP contribution in [-0.4, -0.2) is 18.0 Å². The summed E-state index contributed by atoms with van der Waals surface area (Å²) in [5.74, 6) is 0.461. The van der Waals surface area contributed by atoms with Crippen LogP contribution in [0.25, 0.3) is 0 Å². The van der Waals surface area contributed by atoms with E-state index in [4.69, 9.17) is 9.47 Å². The zero-order valence-corrected chi connectivity index (χ0v) is 21.0. The fourth-order valence-corrected chi connectivity index (χ4v) is 4.71. The van der Waals surface area contributed by atoms with Gasteiger partial charge in [0, 0.05) is 21.0 Å². The molecule has 3 heteroatoms. The highest BCUT2D eigenvalue weighted by molar-refractivity contribution is 5.37. The molecule has 0 saturated heterocycles. The van der Waals surface area contributed by atoms with Crippen LogP contribution in [0.15, 0.2) is 48.5 Å². The molecule has 1 N–H and O–H groups in total. The van der Waals surface area contributed by atoms with Gasteiger partial charge in [-0.25, -0.2) is 0 Å². The molecule has 0 fully saturated rings. The lowest BCUT2D eigenvalue weighted by atomic mass is 9.61. The molecule has 0 saturated carbocycles. The number of hydrogen-bond acceptors (Lipinski definition) is 3. The highest BCUT2D eigenvalue weighted by atomic mass is 16.7.